The van der Waals surface area contributed by atoms with E-state index in [1.54, 1.807) is 6.92 Å². The van der Waals surface area contributed by atoms with Crippen molar-refractivity contribution < 1.29 is 14.7 Å². The third-order valence-corrected chi connectivity index (χ3v) is 4.11. The maximum Gasteiger partial charge on any atom is 0.306 e. The second-order valence-electron chi connectivity index (χ2n) is 5.14. The molecule has 6 heteroatoms. The number of likely N-dealkylation sites (tertiary alicyclic amines) is 1. The van der Waals surface area contributed by atoms with E-state index in [1.807, 2.05) is 29.2 Å². The van der Waals surface area contributed by atoms with E-state index in [1.165, 1.54) is 0 Å². The maximum absolute atomic E-state index is 11.8. The third-order valence-electron chi connectivity index (χ3n) is 3.58. The minimum absolute atomic E-state index is 0.0752. The Hall–Kier alpha value is -1.40. The van der Waals surface area contributed by atoms with Gasteiger partial charge in [-0.2, -0.15) is 0 Å². The molecule has 0 radical (unpaired) electrons. The number of carbonyl (C=O) groups excluding carboxylic acids is 1. The number of carboxylic acid groups (broad SMARTS) is 1. The van der Waals surface area contributed by atoms with Gasteiger partial charge in [0, 0.05) is 23.2 Å². The minimum atomic E-state index is -0.769. The van der Waals surface area contributed by atoms with Crippen molar-refractivity contribution in [3.63, 3.8) is 0 Å². The zero-order valence-corrected chi connectivity index (χ0v) is 12.8. The van der Waals surface area contributed by atoms with Gasteiger partial charge in [0.15, 0.2) is 0 Å². The van der Waals surface area contributed by atoms with Crippen LogP contribution >= 0.6 is 15.9 Å². The van der Waals surface area contributed by atoms with Crippen LogP contribution in [0, 0.1) is 11.8 Å². The number of hydrogen-bond acceptors (Lipinski definition) is 3. The van der Waals surface area contributed by atoms with Gasteiger partial charge < -0.3 is 10.4 Å². The summed E-state index contributed by atoms with van der Waals surface area (Å²) in [6.45, 7) is 3.35. The quantitative estimate of drug-likeness (QED) is 0.860. The highest BCUT2D eigenvalue weighted by atomic mass is 79.9. The van der Waals surface area contributed by atoms with Crippen molar-refractivity contribution in [2.75, 3.05) is 25.0 Å². The Morgan fingerprint density at radius 2 is 2.00 bits per heavy atom. The lowest BCUT2D eigenvalue weighted by atomic mass is 9.87. The second kappa shape index (κ2) is 6.37. The summed E-state index contributed by atoms with van der Waals surface area (Å²) in [7, 11) is 0. The number of benzene rings is 1. The van der Waals surface area contributed by atoms with Crippen molar-refractivity contribution >= 4 is 33.5 Å². The number of carboxylic acids is 1. The molecule has 1 heterocycles. The molecule has 1 unspecified atom stereocenters. The van der Waals surface area contributed by atoms with Crippen LogP contribution < -0.4 is 5.32 Å². The number of nitrogens with one attached hydrogen (secondary N) is 1. The van der Waals surface area contributed by atoms with Gasteiger partial charge in [0.25, 0.3) is 0 Å². The first kappa shape index (κ1) is 15.0. The predicted octanol–water partition coefficient (Wildman–Crippen LogP) is 2.04. The van der Waals surface area contributed by atoms with E-state index < -0.39 is 5.97 Å². The van der Waals surface area contributed by atoms with E-state index in [0.717, 1.165) is 10.2 Å². The van der Waals surface area contributed by atoms with Gasteiger partial charge in [-0.3, -0.25) is 14.5 Å². The fourth-order valence-electron chi connectivity index (χ4n) is 2.19. The number of hydrogen-bond donors (Lipinski definition) is 2. The maximum atomic E-state index is 11.8. The molecule has 1 aromatic rings. The van der Waals surface area contributed by atoms with Gasteiger partial charge in [0.05, 0.1) is 12.5 Å². The molecule has 0 spiro atoms. The van der Waals surface area contributed by atoms with Crippen LogP contribution in [0.4, 0.5) is 5.69 Å². The van der Waals surface area contributed by atoms with Crippen molar-refractivity contribution in [1.29, 1.82) is 0 Å². The fourth-order valence-corrected chi connectivity index (χ4v) is 2.46. The summed E-state index contributed by atoms with van der Waals surface area (Å²) in [5.74, 6) is -1.04. The number of halogens is 1. The number of aliphatic carboxylic acids is 1. The Labute approximate surface area is 126 Å². The van der Waals surface area contributed by atoms with Crippen LogP contribution in [0.2, 0.25) is 0 Å². The van der Waals surface area contributed by atoms with E-state index in [2.05, 4.69) is 21.2 Å². The predicted molar refractivity (Wildman–Crippen MR) is 79.5 cm³/mol. The molecule has 20 heavy (non-hydrogen) atoms. The summed E-state index contributed by atoms with van der Waals surface area (Å²) in [4.78, 5) is 24.6. The molecule has 1 saturated heterocycles. The van der Waals surface area contributed by atoms with Gasteiger partial charge >= 0.3 is 5.97 Å². The molecule has 1 aromatic carbocycles. The zero-order valence-electron chi connectivity index (χ0n) is 11.2. The number of rotatable bonds is 5. The van der Waals surface area contributed by atoms with Gasteiger partial charge in [0.1, 0.15) is 0 Å². The largest absolute Gasteiger partial charge is 0.481 e. The average molecular weight is 341 g/mol. The van der Waals surface area contributed by atoms with Crippen molar-refractivity contribution in [2.24, 2.45) is 11.8 Å². The fraction of sp³-hybridized carbons (Fsp3) is 0.429. The van der Waals surface area contributed by atoms with Crippen LogP contribution in [-0.4, -0.2) is 41.5 Å². The molecule has 1 amide bonds. The Morgan fingerprint density at radius 1 is 1.40 bits per heavy atom. The normalized spacial score (nSPS) is 17.3. The Bertz CT molecular complexity index is 498. The molecular weight excluding hydrogens is 324 g/mol. The van der Waals surface area contributed by atoms with Crippen molar-refractivity contribution in [1.82, 2.24) is 4.90 Å². The SMILES string of the molecule is CC(C(=O)O)C1CN(CC(=O)Nc2ccc(Br)cc2)C1. The molecule has 1 atom stereocenters. The summed E-state index contributed by atoms with van der Waals surface area (Å²) in [6, 6.07) is 7.38. The van der Waals surface area contributed by atoms with Gasteiger partial charge in [-0.05, 0) is 30.2 Å². The summed E-state index contributed by atoms with van der Waals surface area (Å²) in [6.07, 6.45) is 0. The molecule has 108 valence electrons. The Morgan fingerprint density at radius 3 is 2.55 bits per heavy atom. The molecular formula is C14H17BrN2O3. The highest BCUT2D eigenvalue weighted by Gasteiger charge is 2.35. The van der Waals surface area contributed by atoms with Gasteiger partial charge in [-0.1, -0.05) is 22.9 Å². The molecule has 0 aromatic heterocycles. The lowest BCUT2D eigenvalue weighted by Crippen LogP contribution is -2.53. The summed E-state index contributed by atoms with van der Waals surface area (Å²) < 4.78 is 0.962. The van der Waals surface area contributed by atoms with Crippen LogP contribution in [0.5, 0.6) is 0 Å². The molecule has 0 aliphatic carbocycles. The Balaban J connectivity index is 1.74. The lowest BCUT2D eigenvalue weighted by Gasteiger charge is -2.40. The minimum Gasteiger partial charge on any atom is -0.481 e. The first-order valence-electron chi connectivity index (χ1n) is 6.46. The van der Waals surface area contributed by atoms with Crippen LogP contribution in [0.15, 0.2) is 28.7 Å². The van der Waals surface area contributed by atoms with Gasteiger partial charge in [-0.25, -0.2) is 0 Å². The van der Waals surface area contributed by atoms with E-state index in [4.69, 9.17) is 5.11 Å². The molecule has 2 rings (SSSR count). The summed E-state index contributed by atoms with van der Waals surface area (Å²) >= 11 is 3.34. The van der Waals surface area contributed by atoms with Crippen molar-refractivity contribution in [3.05, 3.63) is 28.7 Å². The smallest absolute Gasteiger partial charge is 0.306 e. The summed E-state index contributed by atoms with van der Waals surface area (Å²) in [5.41, 5.74) is 0.758. The van der Waals surface area contributed by atoms with Crippen molar-refractivity contribution in [3.8, 4) is 0 Å². The van der Waals surface area contributed by atoms with Crippen LogP contribution in [0.25, 0.3) is 0 Å². The number of amides is 1. The lowest BCUT2D eigenvalue weighted by molar-refractivity contribution is -0.145. The zero-order chi connectivity index (χ0) is 14.7. The highest BCUT2D eigenvalue weighted by molar-refractivity contribution is 9.10. The average Bonchev–Trinajstić information content (AvgIpc) is 2.35. The molecule has 2 N–H and O–H groups in total. The van der Waals surface area contributed by atoms with Gasteiger partial charge in [0.2, 0.25) is 5.91 Å². The molecule has 1 aliphatic heterocycles. The highest BCUT2D eigenvalue weighted by Crippen LogP contribution is 2.23. The standard InChI is InChI=1S/C14H17BrN2O3/c1-9(14(19)20)10-6-17(7-10)8-13(18)16-12-4-2-11(15)3-5-12/h2-5,9-10H,6-8H2,1H3,(H,16,18)(H,19,20). The molecule has 0 saturated carbocycles. The summed E-state index contributed by atoms with van der Waals surface area (Å²) in [5, 5.41) is 11.7. The van der Waals surface area contributed by atoms with Gasteiger partial charge in [-0.15, -0.1) is 0 Å². The molecule has 1 fully saturated rings. The van der Waals surface area contributed by atoms with E-state index >= 15 is 0 Å². The first-order chi connectivity index (χ1) is 9.45. The number of nitrogens with zero attached hydrogens (tertiary/aromatic N) is 1. The number of carbonyl (C=O) groups is 2. The molecule has 0 bridgehead atoms. The van der Waals surface area contributed by atoms with E-state index in [0.29, 0.717) is 19.6 Å². The second-order valence-corrected chi connectivity index (χ2v) is 6.05. The van der Waals surface area contributed by atoms with Crippen LogP contribution in [-0.2, 0) is 9.59 Å². The van der Waals surface area contributed by atoms with E-state index in [-0.39, 0.29) is 17.7 Å². The van der Waals surface area contributed by atoms with Crippen LogP contribution in [0.1, 0.15) is 6.92 Å². The van der Waals surface area contributed by atoms with Crippen molar-refractivity contribution in [2.45, 2.75) is 6.92 Å². The monoisotopic (exact) mass is 340 g/mol. The molecule has 1 aliphatic rings. The van der Waals surface area contributed by atoms with Crippen LogP contribution in [0.3, 0.4) is 0 Å². The third kappa shape index (κ3) is 3.80. The molecule has 5 nitrogen and oxygen atoms in total. The Kier molecular flexibility index (Phi) is 4.77. The van der Waals surface area contributed by atoms with E-state index in [9.17, 15) is 9.59 Å². The first-order valence-corrected chi connectivity index (χ1v) is 7.25. The topological polar surface area (TPSA) is 69.6 Å². The number of anilines is 1.